The number of piperazine rings is 1. The Balaban J connectivity index is 2.57. The van der Waals surface area contributed by atoms with Crippen LogP contribution in [-0.4, -0.2) is 61.2 Å². The monoisotopic (exact) mass is 268 g/mol. The van der Waals surface area contributed by atoms with E-state index in [1.54, 1.807) is 0 Å². The molecule has 0 saturated carbocycles. The molecule has 0 aromatic rings. The van der Waals surface area contributed by atoms with Crippen molar-refractivity contribution in [2.45, 2.75) is 18.5 Å². The molecule has 2 nitrogen and oxygen atoms in total. The summed E-state index contributed by atoms with van der Waals surface area (Å²) in [6.07, 6.45) is -9.30. The van der Waals surface area contributed by atoms with Crippen molar-refractivity contribution < 1.29 is 30.7 Å². The third-order valence-electron chi connectivity index (χ3n) is 2.64. The summed E-state index contributed by atoms with van der Waals surface area (Å²) in [4.78, 5) is 0.817. The first-order valence-corrected chi connectivity index (χ1v) is 4.84. The third kappa shape index (κ3) is 3.70. The Morgan fingerprint density at radius 3 is 1.65 bits per heavy atom. The highest BCUT2D eigenvalue weighted by molar-refractivity contribution is 4.83. The molecule has 1 heterocycles. The maximum Gasteiger partial charge on any atom is 0.460 e. The molecular formula is C8H11F7N2. The van der Waals surface area contributed by atoms with E-state index < -0.39 is 51.4 Å². The summed E-state index contributed by atoms with van der Waals surface area (Å²) in [5.41, 5.74) is 0. The van der Waals surface area contributed by atoms with Gasteiger partial charge in [-0.15, -0.1) is 0 Å². The van der Waals surface area contributed by atoms with Crippen LogP contribution in [0.25, 0.3) is 0 Å². The van der Waals surface area contributed by atoms with Gasteiger partial charge in [-0.05, 0) is 0 Å². The first-order valence-electron chi connectivity index (χ1n) is 4.84. The van der Waals surface area contributed by atoms with Crippen LogP contribution >= 0.6 is 0 Å². The Kier molecular flexibility index (Phi) is 4.23. The van der Waals surface area contributed by atoms with E-state index in [2.05, 4.69) is 0 Å². The van der Waals surface area contributed by atoms with Crippen LogP contribution in [-0.2, 0) is 0 Å². The van der Waals surface area contributed by atoms with Crippen LogP contribution in [0.15, 0.2) is 0 Å². The summed E-state index contributed by atoms with van der Waals surface area (Å²) >= 11 is 0. The minimum Gasteiger partial charge on any atom is -0.287 e. The van der Waals surface area contributed by atoms with Crippen LogP contribution in [0.5, 0.6) is 0 Å². The number of hydrogen-bond donors (Lipinski definition) is 0. The van der Waals surface area contributed by atoms with E-state index in [1.165, 1.54) is 0 Å². The van der Waals surface area contributed by atoms with E-state index in [0.29, 0.717) is 4.90 Å². The first kappa shape index (κ1) is 14.5. The van der Waals surface area contributed by atoms with Crippen LogP contribution in [0, 0.1) is 0 Å². The van der Waals surface area contributed by atoms with Crippen molar-refractivity contribution in [1.29, 1.82) is 0 Å². The van der Waals surface area contributed by atoms with Gasteiger partial charge in [-0.3, -0.25) is 4.90 Å². The zero-order valence-corrected chi connectivity index (χ0v) is 8.65. The maximum atomic E-state index is 12.3. The van der Waals surface area contributed by atoms with Gasteiger partial charge in [0.25, 0.3) is 0 Å². The second-order valence-corrected chi connectivity index (χ2v) is 3.70. The molecule has 1 aliphatic heterocycles. The van der Waals surface area contributed by atoms with E-state index in [4.69, 9.17) is 0 Å². The minimum absolute atomic E-state index is 0.120. The molecular weight excluding hydrogens is 257 g/mol. The lowest BCUT2D eigenvalue weighted by Gasteiger charge is -2.39. The lowest BCUT2D eigenvalue weighted by Crippen LogP contribution is -2.58. The summed E-state index contributed by atoms with van der Waals surface area (Å²) < 4.78 is 85.8. The molecule has 1 rings (SSSR count). The van der Waals surface area contributed by atoms with Crippen molar-refractivity contribution >= 4 is 0 Å². The van der Waals surface area contributed by atoms with E-state index >= 15 is 0 Å². The number of alkyl halides is 7. The summed E-state index contributed by atoms with van der Waals surface area (Å²) in [7, 11) is 0. The molecule has 0 aromatic heterocycles. The predicted octanol–water partition coefficient (Wildman–Crippen LogP) is 2.02. The van der Waals surface area contributed by atoms with E-state index in [0.717, 1.165) is 0 Å². The lowest BCUT2D eigenvalue weighted by atomic mass is 10.2. The lowest BCUT2D eigenvalue weighted by molar-refractivity contribution is -0.259. The molecule has 17 heavy (non-hydrogen) atoms. The highest BCUT2D eigenvalue weighted by Crippen LogP contribution is 2.28. The van der Waals surface area contributed by atoms with Gasteiger partial charge in [0, 0.05) is 26.2 Å². The van der Waals surface area contributed by atoms with Gasteiger partial charge in [-0.1, -0.05) is 0 Å². The molecule has 0 spiro atoms. The number of halogens is 7. The summed E-state index contributed by atoms with van der Waals surface area (Å²) in [5, 5.41) is 0. The predicted molar refractivity (Wildman–Crippen MR) is 45.0 cm³/mol. The van der Waals surface area contributed by atoms with Gasteiger partial charge in [0.2, 0.25) is 0 Å². The molecule has 0 radical (unpaired) electrons. The van der Waals surface area contributed by atoms with Crippen molar-refractivity contribution in [1.82, 2.24) is 9.80 Å². The fourth-order valence-corrected chi connectivity index (χ4v) is 1.68. The molecule has 102 valence electrons. The van der Waals surface area contributed by atoms with Crippen LogP contribution in [0.4, 0.5) is 30.7 Å². The van der Waals surface area contributed by atoms with Crippen LogP contribution in [0.1, 0.15) is 0 Å². The van der Waals surface area contributed by atoms with Gasteiger partial charge >= 0.3 is 12.5 Å². The highest BCUT2D eigenvalue weighted by Gasteiger charge is 2.46. The molecule has 0 aliphatic carbocycles. The van der Waals surface area contributed by atoms with Gasteiger partial charge in [0.1, 0.15) is 12.7 Å². The van der Waals surface area contributed by atoms with Crippen LogP contribution < -0.4 is 0 Å². The molecule has 0 N–H and O–H groups in total. The van der Waals surface area contributed by atoms with Gasteiger partial charge in [-0.25, -0.2) is 9.29 Å². The highest BCUT2D eigenvalue weighted by atomic mass is 19.4. The minimum atomic E-state index is -4.75. The fraction of sp³-hybridized carbons (Fsp3) is 1.00. The Morgan fingerprint density at radius 2 is 1.35 bits per heavy atom. The number of rotatable bonds is 2. The van der Waals surface area contributed by atoms with Crippen molar-refractivity contribution in [2.75, 3.05) is 32.9 Å². The van der Waals surface area contributed by atoms with Crippen LogP contribution in [0.2, 0.25) is 0 Å². The van der Waals surface area contributed by atoms with Crippen molar-refractivity contribution in [3.8, 4) is 0 Å². The standard InChI is InChI=1S/C8H11F7N2/c9-5-6(7(10,11)12)16-1-3-17(4-2-16)8(13,14)15/h6H,1-5H2. The summed E-state index contributed by atoms with van der Waals surface area (Å²) in [6.45, 7) is -3.69. The normalized spacial score (nSPS) is 22.8. The molecule has 1 aliphatic rings. The third-order valence-corrected chi connectivity index (χ3v) is 2.64. The second kappa shape index (κ2) is 4.97. The van der Waals surface area contributed by atoms with Crippen LogP contribution in [0.3, 0.4) is 0 Å². The molecule has 1 atom stereocenters. The molecule has 0 amide bonds. The van der Waals surface area contributed by atoms with Gasteiger partial charge in [0.05, 0.1) is 0 Å². The van der Waals surface area contributed by atoms with E-state index in [9.17, 15) is 30.7 Å². The quantitative estimate of drug-likeness (QED) is 0.558. The van der Waals surface area contributed by atoms with Crippen molar-refractivity contribution in [3.63, 3.8) is 0 Å². The Morgan fingerprint density at radius 1 is 0.882 bits per heavy atom. The Bertz CT molecular complexity index is 241. The molecule has 1 saturated heterocycles. The fourth-order valence-electron chi connectivity index (χ4n) is 1.68. The summed E-state index contributed by atoms with van der Waals surface area (Å²) in [6, 6.07) is -2.31. The maximum absolute atomic E-state index is 12.3. The number of nitrogens with zero attached hydrogens (tertiary/aromatic N) is 2. The summed E-state index contributed by atoms with van der Waals surface area (Å²) in [5.74, 6) is 0. The average molecular weight is 268 g/mol. The molecule has 0 bridgehead atoms. The number of hydrogen-bond acceptors (Lipinski definition) is 2. The molecule has 9 heteroatoms. The SMILES string of the molecule is FCC(N1CCN(C(F)(F)F)CC1)C(F)(F)F. The Labute approximate surface area is 93.0 Å². The smallest absolute Gasteiger partial charge is 0.287 e. The first-order chi connectivity index (χ1) is 7.66. The van der Waals surface area contributed by atoms with Crippen molar-refractivity contribution in [3.05, 3.63) is 0 Å². The zero-order chi connectivity index (χ0) is 13.3. The topological polar surface area (TPSA) is 6.48 Å². The van der Waals surface area contributed by atoms with Gasteiger partial charge in [0.15, 0.2) is 0 Å². The average Bonchev–Trinajstić information content (AvgIpc) is 2.16. The van der Waals surface area contributed by atoms with Gasteiger partial charge in [-0.2, -0.15) is 26.3 Å². The zero-order valence-electron chi connectivity index (χ0n) is 8.65. The molecule has 1 unspecified atom stereocenters. The van der Waals surface area contributed by atoms with Crippen molar-refractivity contribution in [2.24, 2.45) is 0 Å². The van der Waals surface area contributed by atoms with E-state index in [1.807, 2.05) is 0 Å². The molecule has 1 fully saturated rings. The molecule has 0 aromatic carbocycles. The Hall–Kier alpha value is -0.570. The largest absolute Gasteiger partial charge is 0.460 e. The van der Waals surface area contributed by atoms with Gasteiger partial charge < -0.3 is 0 Å². The van der Waals surface area contributed by atoms with E-state index in [-0.39, 0.29) is 4.90 Å². The second-order valence-electron chi connectivity index (χ2n) is 3.70.